The van der Waals surface area contributed by atoms with Crippen LogP contribution in [-0.2, 0) is 6.42 Å². The Labute approximate surface area is 96.0 Å². The number of fused-ring (bicyclic) bond motifs is 1. The molecule has 1 N–H and O–H groups in total. The quantitative estimate of drug-likeness (QED) is 0.832. The van der Waals surface area contributed by atoms with Crippen LogP contribution in [0.5, 0.6) is 11.5 Å². The van der Waals surface area contributed by atoms with Crippen LogP contribution in [0.3, 0.4) is 0 Å². The van der Waals surface area contributed by atoms with Gasteiger partial charge in [-0.3, -0.25) is 0 Å². The molecule has 3 nitrogen and oxygen atoms in total. The van der Waals surface area contributed by atoms with Crippen LogP contribution in [0.4, 0.5) is 0 Å². The molecule has 1 aliphatic heterocycles. The van der Waals surface area contributed by atoms with Crippen molar-refractivity contribution in [3.8, 4) is 11.5 Å². The molecule has 1 aromatic carbocycles. The molecule has 0 radical (unpaired) electrons. The van der Waals surface area contributed by atoms with E-state index in [0.717, 1.165) is 29.0 Å². The van der Waals surface area contributed by atoms with E-state index in [4.69, 9.17) is 9.47 Å². The molecule has 0 aromatic heterocycles. The number of aliphatic hydroxyl groups excluding tert-OH is 1. The van der Waals surface area contributed by atoms with Crippen LogP contribution in [0.25, 0.3) is 0 Å². The van der Waals surface area contributed by atoms with E-state index in [2.05, 4.69) is 0 Å². The highest BCUT2D eigenvalue weighted by atomic mass is 16.5. The van der Waals surface area contributed by atoms with Gasteiger partial charge in [0, 0.05) is 6.42 Å². The third kappa shape index (κ3) is 2.30. The fourth-order valence-electron chi connectivity index (χ4n) is 1.96. The number of hydrogen-bond donors (Lipinski definition) is 1. The molecule has 2 rings (SSSR count). The van der Waals surface area contributed by atoms with E-state index in [9.17, 15) is 5.11 Å². The van der Waals surface area contributed by atoms with Crippen LogP contribution in [0.15, 0.2) is 12.1 Å². The maximum Gasteiger partial charge on any atom is 0.164 e. The van der Waals surface area contributed by atoms with Crippen molar-refractivity contribution in [2.75, 3.05) is 13.2 Å². The van der Waals surface area contributed by atoms with Crippen LogP contribution < -0.4 is 9.47 Å². The van der Waals surface area contributed by atoms with Crippen LogP contribution in [0.2, 0.25) is 0 Å². The lowest BCUT2D eigenvalue weighted by Gasteiger charge is -2.14. The van der Waals surface area contributed by atoms with E-state index in [1.807, 2.05) is 19.1 Å². The van der Waals surface area contributed by atoms with Crippen molar-refractivity contribution in [2.45, 2.75) is 32.8 Å². The average Bonchev–Trinajstić information content (AvgIpc) is 2.47. The smallest absolute Gasteiger partial charge is 0.164 e. The summed E-state index contributed by atoms with van der Waals surface area (Å²) in [6, 6.07) is 3.95. The molecule has 0 bridgehead atoms. The summed E-state index contributed by atoms with van der Waals surface area (Å²) in [6.07, 6.45) is 1.24. The van der Waals surface area contributed by atoms with Gasteiger partial charge in [0.15, 0.2) is 11.5 Å². The topological polar surface area (TPSA) is 38.7 Å². The highest BCUT2D eigenvalue weighted by Gasteiger charge is 2.15. The minimum absolute atomic E-state index is 0.330. The second-order valence-corrected chi connectivity index (χ2v) is 4.28. The molecular formula is C13H18O3. The Morgan fingerprint density at radius 3 is 2.81 bits per heavy atom. The summed E-state index contributed by atoms with van der Waals surface area (Å²) >= 11 is 0. The normalized spacial score (nSPS) is 16.7. The molecule has 1 aromatic rings. The molecule has 1 unspecified atom stereocenters. The predicted octanol–water partition coefficient (Wildman–Crippen LogP) is 2.08. The van der Waals surface area contributed by atoms with Crippen LogP contribution in [-0.4, -0.2) is 24.4 Å². The Bertz CT molecular complexity index is 372. The highest BCUT2D eigenvalue weighted by Crippen LogP contribution is 2.35. The minimum Gasteiger partial charge on any atom is -0.490 e. The molecule has 1 atom stereocenters. The number of hydrogen-bond acceptors (Lipinski definition) is 3. The van der Waals surface area contributed by atoms with Crippen molar-refractivity contribution >= 4 is 0 Å². The van der Waals surface area contributed by atoms with Gasteiger partial charge in [-0.15, -0.1) is 0 Å². The molecule has 3 heteroatoms. The SMILES string of the molecule is Cc1c(CC(C)O)ccc2c1OCCCO2. The summed E-state index contributed by atoms with van der Waals surface area (Å²) in [4.78, 5) is 0. The monoisotopic (exact) mass is 222 g/mol. The maximum atomic E-state index is 9.42. The lowest BCUT2D eigenvalue weighted by atomic mass is 10.0. The number of aliphatic hydroxyl groups is 1. The Kier molecular flexibility index (Phi) is 3.34. The van der Waals surface area contributed by atoms with Gasteiger partial charge >= 0.3 is 0 Å². The largest absolute Gasteiger partial charge is 0.490 e. The van der Waals surface area contributed by atoms with Gasteiger partial charge in [0.1, 0.15) is 0 Å². The Balaban J connectivity index is 2.33. The van der Waals surface area contributed by atoms with Crippen molar-refractivity contribution in [2.24, 2.45) is 0 Å². The molecule has 0 aliphatic carbocycles. The van der Waals surface area contributed by atoms with Gasteiger partial charge in [-0.05, 0) is 37.5 Å². The lowest BCUT2D eigenvalue weighted by molar-refractivity contribution is 0.195. The zero-order valence-electron chi connectivity index (χ0n) is 9.82. The van der Waals surface area contributed by atoms with E-state index in [0.29, 0.717) is 19.6 Å². The molecule has 0 saturated heterocycles. The number of benzene rings is 1. The van der Waals surface area contributed by atoms with E-state index in [1.165, 1.54) is 0 Å². The molecule has 88 valence electrons. The third-order valence-corrected chi connectivity index (χ3v) is 2.79. The second kappa shape index (κ2) is 4.74. The zero-order valence-corrected chi connectivity index (χ0v) is 9.82. The van der Waals surface area contributed by atoms with E-state index in [-0.39, 0.29) is 6.10 Å². The molecule has 0 spiro atoms. The van der Waals surface area contributed by atoms with E-state index >= 15 is 0 Å². The molecule has 1 heterocycles. The molecular weight excluding hydrogens is 204 g/mol. The first-order valence-corrected chi connectivity index (χ1v) is 5.74. The molecule has 16 heavy (non-hydrogen) atoms. The first-order valence-electron chi connectivity index (χ1n) is 5.74. The van der Waals surface area contributed by atoms with Crippen molar-refractivity contribution in [1.82, 2.24) is 0 Å². The zero-order chi connectivity index (χ0) is 11.5. The van der Waals surface area contributed by atoms with Crippen LogP contribution >= 0.6 is 0 Å². The summed E-state index contributed by atoms with van der Waals surface area (Å²) < 4.78 is 11.3. The standard InChI is InChI=1S/C13H18O3/c1-9(14)8-11-4-5-12-13(10(11)2)16-7-3-6-15-12/h4-5,9,14H,3,6-8H2,1-2H3. The summed E-state index contributed by atoms with van der Waals surface area (Å²) in [5.41, 5.74) is 2.21. The molecule has 0 fully saturated rings. The summed E-state index contributed by atoms with van der Waals surface area (Å²) in [6.45, 7) is 5.22. The molecule has 1 aliphatic rings. The summed E-state index contributed by atoms with van der Waals surface area (Å²) in [7, 11) is 0. The number of rotatable bonds is 2. The minimum atomic E-state index is -0.330. The fraction of sp³-hybridized carbons (Fsp3) is 0.538. The lowest BCUT2D eigenvalue weighted by Crippen LogP contribution is -2.07. The van der Waals surface area contributed by atoms with E-state index in [1.54, 1.807) is 6.92 Å². The predicted molar refractivity (Wildman–Crippen MR) is 62.2 cm³/mol. The average molecular weight is 222 g/mol. The first kappa shape index (κ1) is 11.3. The van der Waals surface area contributed by atoms with Gasteiger partial charge in [-0.1, -0.05) is 6.07 Å². The van der Waals surface area contributed by atoms with E-state index < -0.39 is 0 Å². The van der Waals surface area contributed by atoms with Crippen LogP contribution in [0, 0.1) is 6.92 Å². The van der Waals surface area contributed by atoms with Gasteiger partial charge in [0.25, 0.3) is 0 Å². The van der Waals surface area contributed by atoms with Gasteiger partial charge in [0.2, 0.25) is 0 Å². The summed E-state index contributed by atoms with van der Waals surface area (Å²) in [5.74, 6) is 1.67. The third-order valence-electron chi connectivity index (χ3n) is 2.79. The number of ether oxygens (including phenoxy) is 2. The maximum absolute atomic E-state index is 9.42. The van der Waals surface area contributed by atoms with Crippen molar-refractivity contribution in [3.63, 3.8) is 0 Å². The first-order chi connectivity index (χ1) is 7.68. The van der Waals surface area contributed by atoms with Crippen molar-refractivity contribution < 1.29 is 14.6 Å². The van der Waals surface area contributed by atoms with Gasteiger partial charge < -0.3 is 14.6 Å². The van der Waals surface area contributed by atoms with Gasteiger partial charge in [-0.25, -0.2) is 0 Å². The fourth-order valence-corrected chi connectivity index (χ4v) is 1.96. The van der Waals surface area contributed by atoms with Gasteiger partial charge in [0.05, 0.1) is 19.3 Å². The van der Waals surface area contributed by atoms with Crippen molar-refractivity contribution in [1.29, 1.82) is 0 Å². The molecule has 0 saturated carbocycles. The molecule has 0 amide bonds. The van der Waals surface area contributed by atoms with Crippen molar-refractivity contribution in [3.05, 3.63) is 23.3 Å². The Hall–Kier alpha value is -1.22. The van der Waals surface area contributed by atoms with Crippen LogP contribution in [0.1, 0.15) is 24.5 Å². The second-order valence-electron chi connectivity index (χ2n) is 4.28. The summed E-state index contributed by atoms with van der Waals surface area (Å²) in [5, 5.41) is 9.42. The highest BCUT2D eigenvalue weighted by molar-refractivity contribution is 5.50. The van der Waals surface area contributed by atoms with Gasteiger partial charge in [-0.2, -0.15) is 0 Å². The Morgan fingerprint density at radius 2 is 2.06 bits per heavy atom. The Morgan fingerprint density at radius 1 is 1.31 bits per heavy atom.